The first kappa shape index (κ1) is 14.9. The summed E-state index contributed by atoms with van der Waals surface area (Å²) < 4.78 is 6.07. The van der Waals surface area contributed by atoms with Crippen LogP contribution < -0.4 is 4.74 Å². The highest BCUT2D eigenvalue weighted by Crippen LogP contribution is 2.22. The zero-order valence-corrected chi connectivity index (χ0v) is 12.8. The Kier molecular flexibility index (Phi) is 5.42. The van der Waals surface area contributed by atoms with Crippen molar-refractivity contribution in [1.82, 2.24) is 4.90 Å². The Hall–Kier alpha value is -1.54. The highest BCUT2D eigenvalue weighted by Gasteiger charge is 2.17. The summed E-state index contributed by atoms with van der Waals surface area (Å²) in [5.74, 6) is 0.985. The number of rotatable bonds is 4. The van der Waals surface area contributed by atoms with E-state index in [1.807, 2.05) is 6.92 Å². The van der Waals surface area contributed by atoms with Crippen LogP contribution in [0, 0.1) is 0 Å². The quantitative estimate of drug-likeness (QED) is 0.763. The Labute approximate surface area is 122 Å². The number of benzene rings is 1. The molecule has 0 aromatic heterocycles. The van der Waals surface area contributed by atoms with E-state index in [4.69, 9.17) is 4.74 Å². The van der Waals surface area contributed by atoms with Crippen molar-refractivity contribution >= 4 is 5.57 Å². The van der Waals surface area contributed by atoms with Gasteiger partial charge in [0.1, 0.15) is 11.9 Å². The number of piperidine rings is 1. The smallest absolute Gasteiger partial charge is 0.119 e. The lowest BCUT2D eigenvalue weighted by atomic mass is 10.0. The summed E-state index contributed by atoms with van der Waals surface area (Å²) in [7, 11) is 2.17. The second kappa shape index (κ2) is 7.30. The van der Waals surface area contributed by atoms with Crippen molar-refractivity contribution in [2.45, 2.75) is 32.8 Å². The molecule has 0 amide bonds. The molecule has 2 heteroatoms. The van der Waals surface area contributed by atoms with E-state index in [-0.39, 0.29) is 0 Å². The summed E-state index contributed by atoms with van der Waals surface area (Å²) >= 11 is 0. The molecule has 1 heterocycles. The lowest BCUT2D eigenvalue weighted by molar-refractivity contribution is 0.114. The van der Waals surface area contributed by atoms with Crippen LogP contribution in [0.2, 0.25) is 0 Å². The maximum absolute atomic E-state index is 6.07. The van der Waals surface area contributed by atoms with Gasteiger partial charge in [0.15, 0.2) is 0 Å². The van der Waals surface area contributed by atoms with Crippen LogP contribution in [0.25, 0.3) is 5.57 Å². The fourth-order valence-electron chi connectivity index (χ4n) is 2.56. The van der Waals surface area contributed by atoms with Gasteiger partial charge in [-0.3, -0.25) is 0 Å². The lowest BCUT2D eigenvalue weighted by Crippen LogP contribution is -2.35. The molecule has 1 saturated heterocycles. The fourth-order valence-corrected chi connectivity index (χ4v) is 2.56. The zero-order valence-electron chi connectivity index (χ0n) is 12.8. The number of likely N-dealkylation sites (tertiary alicyclic amines) is 1. The predicted molar refractivity (Wildman–Crippen MR) is 86.1 cm³/mol. The zero-order chi connectivity index (χ0) is 14.4. The second-order valence-electron chi connectivity index (χ2n) is 5.39. The normalized spacial score (nSPS) is 18.6. The van der Waals surface area contributed by atoms with Gasteiger partial charge in [-0.05, 0) is 57.0 Å². The molecule has 0 radical (unpaired) electrons. The van der Waals surface area contributed by atoms with Gasteiger partial charge >= 0.3 is 0 Å². The van der Waals surface area contributed by atoms with Gasteiger partial charge in [-0.1, -0.05) is 30.4 Å². The summed E-state index contributed by atoms with van der Waals surface area (Å²) in [5.41, 5.74) is 2.49. The van der Waals surface area contributed by atoms with Crippen LogP contribution in [-0.4, -0.2) is 31.1 Å². The van der Waals surface area contributed by atoms with Crippen LogP contribution in [0.4, 0.5) is 0 Å². The Morgan fingerprint density at radius 2 is 1.80 bits per heavy atom. The predicted octanol–water partition coefficient (Wildman–Crippen LogP) is 4.14. The summed E-state index contributed by atoms with van der Waals surface area (Å²) in [6, 6.07) is 8.44. The summed E-state index contributed by atoms with van der Waals surface area (Å²) in [6.45, 7) is 6.37. The molecule has 0 bridgehead atoms. The minimum Gasteiger partial charge on any atom is -0.490 e. The molecule has 1 aromatic rings. The maximum Gasteiger partial charge on any atom is 0.119 e. The molecular weight excluding hydrogens is 246 g/mol. The van der Waals surface area contributed by atoms with Gasteiger partial charge in [0.25, 0.3) is 0 Å². The molecule has 1 aliphatic rings. The first-order chi connectivity index (χ1) is 9.72. The molecule has 108 valence electrons. The van der Waals surface area contributed by atoms with Crippen molar-refractivity contribution < 1.29 is 4.74 Å². The number of hydrogen-bond donors (Lipinski definition) is 0. The van der Waals surface area contributed by atoms with Gasteiger partial charge in [0, 0.05) is 13.1 Å². The van der Waals surface area contributed by atoms with Crippen LogP contribution in [0.15, 0.2) is 42.5 Å². The highest BCUT2D eigenvalue weighted by atomic mass is 16.5. The van der Waals surface area contributed by atoms with E-state index in [1.54, 1.807) is 0 Å². The Morgan fingerprint density at radius 1 is 1.15 bits per heavy atom. The Balaban J connectivity index is 1.98. The van der Waals surface area contributed by atoms with Crippen molar-refractivity contribution in [1.29, 1.82) is 0 Å². The SMILES string of the molecule is C/C=C\C(=C/C)c1ccc(OC2CCN(C)CC2)cc1. The van der Waals surface area contributed by atoms with Crippen molar-refractivity contribution in [3.05, 3.63) is 48.1 Å². The van der Waals surface area contributed by atoms with Crippen LogP contribution in [0.5, 0.6) is 5.75 Å². The molecule has 1 aliphatic heterocycles. The van der Waals surface area contributed by atoms with Crippen LogP contribution in [-0.2, 0) is 0 Å². The van der Waals surface area contributed by atoms with Crippen LogP contribution in [0.3, 0.4) is 0 Å². The first-order valence-electron chi connectivity index (χ1n) is 7.47. The summed E-state index contributed by atoms with van der Waals surface area (Å²) in [5, 5.41) is 0. The average Bonchev–Trinajstić information content (AvgIpc) is 2.48. The standard InChI is InChI=1S/C18H25NO/c1-4-6-15(5-2)16-7-9-17(10-8-16)20-18-11-13-19(3)14-12-18/h4-10,18H,11-14H2,1-3H3/b6-4-,15-5+. The molecule has 1 aromatic carbocycles. The van der Waals surface area contributed by atoms with Gasteiger partial charge in [0.2, 0.25) is 0 Å². The van der Waals surface area contributed by atoms with Crippen LogP contribution >= 0.6 is 0 Å². The average molecular weight is 271 g/mol. The molecule has 0 saturated carbocycles. The van der Waals surface area contributed by atoms with E-state index in [1.165, 1.54) is 11.1 Å². The summed E-state index contributed by atoms with van der Waals surface area (Å²) in [6.07, 6.45) is 8.94. The molecule has 0 aliphatic carbocycles. The van der Waals surface area contributed by atoms with Gasteiger partial charge < -0.3 is 9.64 Å². The third-order valence-corrected chi connectivity index (χ3v) is 3.81. The van der Waals surface area contributed by atoms with Gasteiger partial charge in [-0.2, -0.15) is 0 Å². The van der Waals surface area contributed by atoms with Gasteiger partial charge in [-0.15, -0.1) is 0 Å². The molecule has 0 unspecified atom stereocenters. The molecular formula is C18H25NO. The minimum atomic E-state index is 0.369. The highest BCUT2D eigenvalue weighted by molar-refractivity contribution is 5.73. The van der Waals surface area contributed by atoms with E-state index in [0.717, 1.165) is 31.7 Å². The minimum absolute atomic E-state index is 0.369. The second-order valence-corrected chi connectivity index (χ2v) is 5.39. The maximum atomic E-state index is 6.07. The monoisotopic (exact) mass is 271 g/mol. The molecule has 0 atom stereocenters. The van der Waals surface area contributed by atoms with Crippen molar-refractivity contribution in [3.63, 3.8) is 0 Å². The van der Waals surface area contributed by atoms with Crippen molar-refractivity contribution in [3.8, 4) is 5.75 Å². The van der Waals surface area contributed by atoms with E-state index >= 15 is 0 Å². The van der Waals surface area contributed by atoms with Gasteiger partial charge in [-0.25, -0.2) is 0 Å². The Morgan fingerprint density at radius 3 is 2.35 bits per heavy atom. The van der Waals surface area contributed by atoms with E-state index in [2.05, 4.69) is 61.4 Å². The number of allylic oxidation sites excluding steroid dienone is 4. The summed E-state index contributed by atoms with van der Waals surface area (Å²) in [4.78, 5) is 2.36. The largest absolute Gasteiger partial charge is 0.490 e. The van der Waals surface area contributed by atoms with E-state index in [9.17, 15) is 0 Å². The first-order valence-corrected chi connectivity index (χ1v) is 7.47. The Bertz CT molecular complexity index is 465. The molecule has 1 fully saturated rings. The van der Waals surface area contributed by atoms with Crippen molar-refractivity contribution in [2.24, 2.45) is 0 Å². The molecule has 2 rings (SSSR count). The van der Waals surface area contributed by atoms with Crippen LogP contribution in [0.1, 0.15) is 32.3 Å². The molecule has 0 N–H and O–H groups in total. The number of hydrogen-bond acceptors (Lipinski definition) is 2. The molecule has 0 spiro atoms. The number of nitrogens with zero attached hydrogens (tertiary/aromatic N) is 1. The molecule has 20 heavy (non-hydrogen) atoms. The van der Waals surface area contributed by atoms with E-state index < -0.39 is 0 Å². The number of ether oxygens (including phenoxy) is 1. The third kappa shape index (κ3) is 3.97. The third-order valence-electron chi connectivity index (χ3n) is 3.81. The van der Waals surface area contributed by atoms with E-state index in [0.29, 0.717) is 6.10 Å². The molecule has 2 nitrogen and oxygen atoms in total. The fraction of sp³-hybridized carbons (Fsp3) is 0.444. The topological polar surface area (TPSA) is 12.5 Å². The lowest BCUT2D eigenvalue weighted by Gasteiger charge is -2.29. The van der Waals surface area contributed by atoms with Gasteiger partial charge in [0.05, 0.1) is 0 Å². The van der Waals surface area contributed by atoms with Crippen molar-refractivity contribution in [2.75, 3.05) is 20.1 Å².